The van der Waals surface area contributed by atoms with Crippen LogP contribution in [0.1, 0.15) is 33.6 Å². The fourth-order valence-electron chi connectivity index (χ4n) is 2.59. The zero-order chi connectivity index (χ0) is 17.0. The number of likely N-dealkylation sites (tertiary alicyclic amines) is 1. The summed E-state index contributed by atoms with van der Waals surface area (Å²) in [7, 11) is 0. The van der Waals surface area contributed by atoms with Crippen LogP contribution in [0.25, 0.3) is 0 Å². The second kappa shape index (κ2) is 7.53. The molecule has 0 radical (unpaired) electrons. The fourth-order valence-corrected chi connectivity index (χ4v) is 3.14. The Bertz CT molecular complexity index is 629. The average molecular weight is 340 g/mol. The quantitative estimate of drug-likeness (QED) is 0.629. The van der Waals surface area contributed by atoms with Gasteiger partial charge in [-0.1, -0.05) is 0 Å². The number of benzene rings is 1. The molecule has 126 valence electrons. The molecule has 1 aromatic rings. The van der Waals surface area contributed by atoms with Crippen LogP contribution in [0, 0.1) is 0 Å². The number of hydrogen-bond donors (Lipinski definition) is 3. The third kappa shape index (κ3) is 4.75. The highest BCUT2D eigenvalue weighted by molar-refractivity contribution is 7.79. The number of carbonyl (C=O) groups is 2. The van der Waals surface area contributed by atoms with E-state index >= 15 is 0 Å². The van der Waals surface area contributed by atoms with Crippen LogP contribution in [0.4, 0.5) is 5.69 Å². The van der Waals surface area contributed by atoms with Gasteiger partial charge in [-0.15, -0.1) is 0 Å². The highest BCUT2D eigenvalue weighted by Crippen LogP contribution is 2.22. The smallest absolute Gasteiger partial charge is 0.335 e. The Morgan fingerprint density at radius 1 is 1.39 bits per heavy atom. The summed E-state index contributed by atoms with van der Waals surface area (Å²) in [6.07, 6.45) is 1.37. The number of amides is 1. The summed E-state index contributed by atoms with van der Waals surface area (Å²) in [6.45, 7) is 1.21. The Hall–Kier alpha value is -1.97. The van der Waals surface area contributed by atoms with E-state index in [0.29, 0.717) is 31.6 Å². The summed E-state index contributed by atoms with van der Waals surface area (Å²) in [6, 6.07) is 4.14. The topological polar surface area (TPSA) is 136 Å². The number of primary amides is 1. The molecule has 1 heterocycles. The molecule has 0 aliphatic carbocycles. The Labute approximate surface area is 135 Å². The minimum atomic E-state index is -2.10. The van der Waals surface area contributed by atoms with Crippen molar-refractivity contribution in [3.63, 3.8) is 0 Å². The number of anilines is 1. The number of carbonyl (C=O) groups excluding carboxylic acids is 1. The van der Waals surface area contributed by atoms with Crippen LogP contribution in [0.5, 0.6) is 0 Å². The molecule has 9 heteroatoms. The first-order valence-corrected chi connectivity index (χ1v) is 8.33. The van der Waals surface area contributed by atoms with Gasteiger partial charge in [0, 0.05) is 24.8 Å². The van der Waals surface area contributed by atoms with Crippen molar-refractivity contribution in [3.8, 4) is 0 Å². The van der Waals surface area contributed by atoms with Crippen molar-refractivity contribution in [2.75, 3.05) is 24.3 Å². The zero-order valence-electron chi connectivity index (χ0n) is 12.4. The molecule has 23 heavy (non-hydrogen) atoms. The summed E-state index contributed by atoms with van der Waals surface area (Å²) in [4.78, 5) is 24.4. The number of nitrogens with one attached hydrogen (secondary N) is 1. The first-order valence-electron chi connectivity index (χ1n) is 7.08. The zero-order valence-corrected chi connectivity index (χ0v) is 13.2. The van der Waals surface area contributed by atoms with Crippen LogP contribution >= 0.6 is 0 Å². The van der Waals surface area contributed by atoms with E-state index in [1.165, 1.54) is 18.2 Å². The molecule has 1 saturated heterocycles. The standard InChI is InChI=1S/C14H19N3O5S/c15-13(18)11-2-1-9(14(19)20)7-12(11)16-10-3-5-17(6-4-10)8-23(21)22/h1-2,7,10,16H,3-6,8H2,(H2,15,18)(H,19,20)(H,21,22)/p-1. The van der Waals surface area contributed by atoms with Gasteiger partial charge in [0.05, 0.1) is 17.0 Å². The van der Waals surface area contributed by atoms with Gasteiger partial charge in [0.15, 0.2) is 0 Å². The molecule has 1 unspecified atom stereocenters. The first-order chi connectivity index (χ1) is 10.9. The molecule has 1 amide bonds. The summed E-state index contributed by atoms with van der Waals surface area (Å²) >= 11 is -2.10. The Morgan fingerprint density at radius 2 is 2.04 bits per heavy atom. The lowest BCUT2D eigenvalue weighted by Crippen LogP contribution is -2.40. The van der Waals surface area contributed by atoms with E-state index in [4.69, 9.17) is 10.8 Å². The van der Waals surface area contributed by atoms with E-state index in [2.05, 4.69) is 5.32 Å². The Morgan fingerprint density at radius 3 is 2.57 bits per heavy atom. The lowest BCUT2D eigenvalue weighted by molar-refractivity contribution is 0.0696. The van der Waals surface area contributed by atoms with E-state index in [1.807, 2.05) is 4.90 Å². The summed E-state index contributed by atoms with van der Waals surface area (Å²) in [5.41, 5.74) is 6.01. The summed E-state index contributed by atoms with van der Waals surface area (Å²) in [5, 5.41) is 12.2. The number of carboxylic acids is 1. The van der Waals surface area contributed by atoms with Gasteiger partial charge in [-0.25, -0.2) is 4.79 Å². The second-order valence-electron chi connectivity index (χ2n) is 5.40. The predicted octanol–water partition coefficient (Wildman–Crippen LogP) is 0.197. The van der Waals surface area contributed by atoms with Crippen LogP contribution in [0.15, 0.2) is 18.2 Å². The van der Waals surface area contributed by atoms with Crippen LogP contribution in [0.2, 0.25) is 0 Å². The van der Waals surface area contributed by atoms with Crippen LogP contribution in [0.3, 0.4) is 0 Å². The lowest BCUT2D eigenvalue weighted by Gasteiger charge is -2.33. The van der Waals surface area contributed by atoms with Crippen molar-refractivity contribution >= 4 is 28.6 Å². The minimum absolute atomic E-state index is 0.00769. The van der Waals surface area contributed by atoms with Crippen molar-refractivity contribution in [3.05, 3.63) is 29.3 Å². The number of aromatic carboxylic acids is 1. The monoisotopic (exact) mass is 340 g/mol. The molecule has 1 atom stereocenters. The van der Waals surface area contributed by atoms with Crippen LogP contribution in [-0.2, 0) is 11.1 Å². The molecule has 0 saturated carbocycles. The van der Waals surface area contributed by atoms with Crippen molar-refractivity contribution in [2.24, 2.45) is 5.73 Å². The number of nitrogens with zero attached hydrogens (tertiary/aromatic N) is 1. The molecule has 1 aromatic carbocycles. The van der Waals surface area contributed by atoms with Crippen molar-refractivity contribution < 1.29 is 23.5 Å². The third-order valence-corrected chi connectivity index (χ3v) is 4.34. The molecule has 1 aliphatic rings. The van der Waals surface area contributed by atoms with Crippen LogP contribution in [-0.4, -0.2) is 55.7 Å². The molecule has 4 N–H and O–H groups in total. The van der Waals surface area contributed by atoms with Gasteiger partial charge in [-0.3, -0.25) is 13.9 Å². The van der Waals surface area contributed by atoms with E-state index in [9.17, 15) is 18.4 Å². The second-order valence-corrected chi connectivity index (χ2v) is 6.26. The lowest BCUT2D eigenvalue weighted by atomic mass is 10.0. The minimum Gasteiger partial charge on any atom is -0.771 e. The number of hydrogen-bond acceptors (Lipinski definition) is 6. The largest absolute Gasteiger partial charge is 0.771 e. The molecular weight excluding hydrogens is 322 g/mol. The van der Waals surface area contributed by atoms with Crippen molar-refractivity contribution in [2.45, 2.75) is 18.9 Å². The maximum Gasteiger partial charge on any atom is 0.335 e. The predicted molar refractivity (Wildman–Crippen MR) is 83.9 cm³/mol. The average Bonchev–Trinajstić information content (AvgIpc) is 2.48. The Balaban J connectivity index is 2.07. The molecule has 1 aliphatic heterocycles. The number of rotatable bonds is 6. The first kappa shape index (κ1) is 17.4. The van der Waals surface area contributed by atoms with Gasteiger partial charge in [-0.2, -0.15) is 0 Å². The fraction of sp³-hybridized carbons (Fsp3) is 0.429. The molecule has 2 rings (SSSR count). The van der Waals surface area contributed by atoms with Gasteiger partial charge in [0.1, 0.15) is 0 Å². The molecule has 1 fully saturated rings. The Kier molecular flexibility index (Phi) is 5.69. The highest BCUT2D eigenvalue weighted by Gasteiger charge is 2.21. The SMILES string of the molecule is NC(=O)c1ccc(C(=O)O)cc1NC1CCN(CS(=O)[O-])CC1. The molecule has 0 bridgehead atoms. The van der Waals surface area contributed by atoms with Gasteiger partial charge in [0.25, 0.3) is 5.91 Å². The van der Waals surface area contributed by atoms with Crippen LogP contribution < -0.4 is 11.1 Å². The highest BCUT2D eigenvalue weighted by atomic mass is 32.2. The molecular formula is C14H18N3O5S-. The maximum atomic E-state index is 11.5. The van der Waals surface area contributed by atoms with Gasteiger partial charge in [-0.05, 0) is 42.1 Å². The van der Waals surface area contributed by atoms with Crippen molar-refractivity contribution in [1.29, 1.82) is 0 Å². The third-order valence-electron chi connectivity index (χ3n) is 3.77. The summed E-state index contributed by atoms with van der Waals surface area (Å²) in [5.74, 6) is -1.71. The van der Waals surface area contributed by atoms with E-state index in [1.54, 1.807) is 0 Å². The molecule has 8 nitrogen and oxygen atoms in total. The van der Waals surface area contributed by atoms with E-state index in [-0.39, 0.29) is 23.0 Å². The molecule has 0 spiro atoms. The van der Waals surface area contributed by atoms with E-state index in [0.717, 1.165) is 0 Å². The van der Waals surface area contributed by atoms with Crippen molar-refractivity contribution in [1.82, 2.24) is 4.90 Å². The van der Waals surface area contributed by atoms with E-state index < -0.39 is 23.0 Å². The maximum absolute atomic E-state index is 11.5. The number of piperidine rings is 1. The summed E-state index contributed by atoms with van der Waals surface area (Å²) < 4.78 is 21.4. The normalized spacial score (nSPS) is 17.6. The number of carboxylic acid groups (broad SMARTS) is 1. The molecule has 0 aromatic heterocycles. The van der Waals surface area contributed by atoms with Gasteiger partial charge < -0.3 is 20.7 Å². The van der Waals surface area contributed by atoms with Gasteiger partial charge >= 0.3 is 5.97 Å². The van der Waals surface area contributed by atoms with Gasteiger partial charge in [0.2, 0.25) is 0 Å². The number of nitrogens with two attached hydrogens (primary N) is 1.